The van der Waals surface area contributed by atoms with Crippen LogP contribution >= 0.6 is 0 Å². The average molecular weight is 341 g/mol. The molecule has 1 unspecified atom stereocenters. The molecule has 0 radical (unpaired) electrons. The molecule has 0 bridgehead atoms. The van der Waals surface area contributed by atoms with Gasteiger partial charge in [-0.2, -0.15) is 0 Å². The maximum absolute atomic E-state index is 14.7. The molecule has 0 amide bonds. The highest BCUT2D eigenvalue weighted by Crippen LogP contribution is 2.33. The maximum atomic E-state index is 14.7. The van der Waals surface area contributed by atoms with Crippen LogP contribution in [0, 0.1) is 24.1 Å². The normalized spacial score (nSPS) is 18.5. The lowest BCUT2D eigenvalue weighted by Gasteiger charge is -2.21. The van der Waals surface area contributed by atoms with Gasteiger partial charge < -0.3 is 0 Å². The van der Waals surface area contributed by atoms with E-state index in [0.29, 0.717) is 6.42 Å². The van der Waals surface area contributed by atoms with E-state index in [4.69, 9.17) is 0 Å². The van der Waals surface area contributed by atoms with Gasteiger partial charge in [-0.3, -0.25) is 0 Å². The van der Waals surface area contributed by atoms with Crippen molar-refractivity contribution in [1.82, 2.24) is 0 Å². The highest BCUT2D eigenvalue weighted by Gasteiger charge is 2.17. The Hall–Kier alpha value is -1.63. The summed E-state index contributed by atoms with van der Waals surface area (Å²) < 4.78 is 14.7. The largest absolute Gasteiger partial charge is 0.207 e. The van der Waals surface area contributed by atoms with Crippen molar-refractivity contribution in [2.24, 2.45) is 11.3 Å². The molecule has 136 valence electrons. The van der Waals surface area contributed by atoms with Gasteiger partial charge in [0.15, 0.2) is 0 Å². The van der Waals surface area contributed by atoms with E-state index in [0.717, 1.165) is 47.4 Å². The van der Waals surface area contributed by atoms with Gasteiger partial charge in [-0.1, -0.05) is 64.1 Å². The van der Waals surface area contributed by atoms with Crippen molar-refractivity contribution in [2.75, 3.05) is 0 Å². The van der Waals surface area contributed by atoms with Crippen LogP contribution in [0.3, 0.4) is 0 Å². The molecule has 0 saturated heterocycles. The van der Waals surface area contributed by atoms with Crippen molar-refractivity contribution >= 4 is 5.57 Å². The molecule has 0 spiro atoms. The van der Waals surface area contributed by atoms with Crippen LogP contribution in [0.4, 0.5) is 4.39 Å². The minimum absolute atomic E-state index is 0.0828. The lowest BCUT2D eigenvalue weighted by molar-refractivity contribution is 0.413. The third-order valence-corrected chi connectivity index (χ3v) is 4.79. The molecule has 1 aromatic rings. The summed E-state index contributed by atoms with van der Waals surface area (Å²) in [5.74, 6) is 0.656. The second-order valence-electron chi connectivity index (χ2n) is 8.88. The standard InChI is InChI=1S/C24H33F/c1-17-10-12-20(13-11-17)22-14-19(3)15-23(25)21(22)9-7-8-18(2)16-24(4,5)6/h7-8,12,14-15,17H,2,9-11,13,16H2,1,3-6H3/b8-7+. The smallest absolute Gasteiger partial charge is 0.127 e. The van der Waals surface area contributed by atoms with Gasteiger partial charge in [0, 0.05) is 0 Å². The summed E-state index contributed by atoms with van der Waals surface area (Å²) in [6.45, 7) is 15.0. The van der Waals surface area contributed by atoms with Crippen molar-refractivity contribution in [3.05, 3.63) is 65.0 Å². The molecule has 0 nitrogen and oxygen atoms in total. The Morgan fingerprint density at radius 3 is 2.64 bits per heavy atom. The van der Waals surface area contributed by atoms with Crippen LogP contribution in [0.25, 0.3) is 5.57 Å². The van der Waals surface area contributed by atoms with Crippen LogP contribution in [0.2, 0.25) is 0 Å². The van der Waals surface area contributed by atoms with Crippen LogP contribution in [0.5, 0.6) is 0 Å². The Kier molecular flexibility index (Phi) is 6.43. The number of hydrogen-bond acceptors (Lipinski definition) is 0. The fourth-order valence-corrected chi connectivity index (χ4v) is 3.56. The van der Waals surface area contributed by atoms with Gasteiger partial charge in [-0.05, 0) is 78.7 Å². The zero-order chi connectivity index (χ0) is 18.6. The van der Waals surface area contributed by atoms with Crippen molar-refractivity contribution in [2.45, 2.75) is 66.7 Å². The van der Waals surface area contributed by atoms with Crippen molar-refractivity contribution in [3.63, 3.8) is 0 Å². The number of hydrogen-bond donors (Lipinski definition) is 0. The first-order valence-electron chi connectivity index (χ1n) is 9.48. The number of halogens is 1. The fourth-order valence-electron chi connectivity index (χ4n) is 3.56. The molecule has 0 N–H and O–H groups in total. The Bertz CT molecular complexity index is 683. The first kappa shape index (κ1) is 19.7. The second kappa shape index (κ2) is 8.17. The van der Waals surface area contributed by atoms with Crippen molar-refractivity contribution in [3.8, 4) is 0 Å². The van der Waals surface area contributed by atoms with Gasteiger partial charge in [0.2, 0.25) is 0 Å². The summed E-state index contributed by atoms with van der Waals surface area (Å²) >= 11 is 0. The zero-order valence-corrected chi connectivity index (χ0v) is 16.6. The van der Waals surface area contributed by atoms with E-state index < -0.39 is 0 Å². The van der Waals surface area contributed by atoms with E-state index in [9.17, 15) is 4.39 Å². The zero-order valence-electron chi connectivity index (χ0n) is 16.6. The average Bonchev–Trinajstić information content (AvgIpc) is 2.48. The number of allylic oxidation sites excluding steroid dienone is 5. The Morgan fingerprint density at radius 2 is 2.04 bits per heavy atom. The third-order valence-electron chi connectivity index (χ3n) is 4.79. The fraction of sp³-hybridized carbons (Fsp3) is 0.500. The molecule has 1 aliphatic carbocycles. The van der Waals surface area contributed by atoms with Gasteiger partial charge in [-0.25, -0.2) is 4.39 Å². The first-order chi connectivity index (χ1) is 11.7. The summed E-state index contributed by atoms with van der Waals surface area (Å²) in [4.78, 5) is 0. The number of aryl methyl sites for hydroxylation is 1. The predicted octanol–water partition coefficient (Wildman–Crippen LogP) is 7.43. The molecule has 0 heterocycles. The summed E-state index contributed by atoms with van der Waals surface area (Å²) in [5, 5.41) is 0. The molecule has 1 heteroatoms. The first-order valence-corrected chi connectivity index (χ1v) is 9.48. The molecule has 1 aliphatic rings. The van der Waals surface area contributed by atoms with Gasteiger partial charge in [-0.15, -0.1) is 0 Å². The summed E-state index contributed by atoms with van der Waals surface area (Å²) in [6.07, 6.45) is 11.4. The molecule has 1 aromatic carbocycles. The lowest BCUT2D eigenvalue weighted by Crippen LogP contribution is -2.05. The van der Waals surface area contributed by atoms with Crippen LogP contribution in [-0.2, 0) is 6.42 Å². The third kappa shape index (κ3) is 5.99. The molecule has 0 aliphatic heterocycles. The SMILES string of the molecule is C=C(/C=C/Cc1c(F)cc(C)cc1C1=CCC(C)CC1)CC(C)(C)C. The maximum Gasteiger partial charge on any atom is 0.127 e. The lowest BCUT2D eigenvalue weighted by atomic mass is 9.84. The highest BCUT2D eigenvalue weighted by molar-refractivity contribution is 5.70. The van der Waals surface area contributed by atoms with Crippen LogP contribution in [0.1, 0.15) is 70.1 Å². The molecule has 0 saturated carbocycles. The summed E-state index contributed by atoms with van der Waals surface area (Å²) in [7, 11) is 0. The molecule has 1 atom stereocenters. The van der Waals surface area contributed by atoms with Gasteiger partial charge >= 0.3 is 0 Å². The van der Waals surface area contributed by atoms with E-state index in [1.54, 1.807) is 6.07 Å². The molecule has 25 heavy (non-hydrogen) atoms. The summed E-state index contributed by atoms with van der Waals surface area (Å²) in [6, 6.07) is 3.81. The van der Waals surface area contributed by atoms with Crippen LogP contribution in [0.15, 0.2) is 42.5 Å². The van der Waals surface area contributed by atoms with E-state index >= 15 is 0 Å². The van der Waals surface area contributed by atoms with Gasteiger partial charge in [0.1, 0.15) is 5.82 Å². The second-order valence-corrected chi connectivity index (χ2v) is 8.88. The monoisotopic (exact) mass is 340 g/mol. The molecular formula is C24H33F. The van der Waals surface area contributed by atoms with E-state index in [-0.39, 0.29) is 11.2 Å². The van der Waals surface area contributed by atoms with Crippen LogP contribution < -0.4 is 0 Å². The van der Waals surface area contributed by atoms with E-state index in [2.05, 4.69) is 58.6 Å². The Morgan fingerprint density at radius 1 is 1.32 bits per heavy atom. The molecule has 0 fully saturated rings. The predicted molar refractivity (Wildman–Crippen MR) is 108 cm³/mol. The Balaban J connectivity index is 2.21. The van der Waals surface area contributed by atoms with Crippen molar-refractivity contribution < 1.29 is 4.39 Å². The molecule has 2 rings (SSSR count). The minimum atomic E-state index is -0.0828. The molecule has 0 aromatic heterocycles. The van der Waals surface area contributed by atoms with Crippen LogP contribution in [-0.4, -0.2) is 0 Å². The number of benzene rings is 1. The molecular weight excluding hydrogens is 307 g/mol. The summed E-state index contributed by atoms with van der Waals surface area (Å²) in [5.41, 5.74) is 5.58. The minimum Gasteiger partial charge on any atom is -0.207 e. The highest BCUT2D eigenvalue weighted by atomic mass is 19.1. The topological polar surface area (TPSA) is 0 Å². The Labute approximate surface area is 153 Å². The quantitative estimate of drug-likeness (QED) is 0.489. The van der Waals surface area contributed by atoms with Gasteiger partial charge in [0.25, 0.3) is 0 Å². The van der Waals surface area contributed by atoms with Crippen molar-refractivity contribution in [1.29, 1.82) is 0 Å². The van der Waals surface area contributed by atoms with E-state index in [1.807, 2.05) is 6.92 Å². The van der Waals surface area contributed by atoms with E-state index in [1.165, 1.54) is 12.0 Å². The van der Waals surface area contributed by atoms with Gasteiger partial charge in [0.05, 0.1) is 0 Å². The number of rotatable bonds is 5.